The van der Waals surface area contributed by atoms with Gasteiger partial charge in [0.25, 0.3) is 0 Å². The molecule has 0 saturated heterocycles. The maximum atomic E-state index is 9.23. The minimum atomic E-state index is 0.308. The van der Waals surface area contributed by atoms with Crippen molar-refractivity contribution in [3.05, 3.63) is 16.8 Å². The minimum Gasteiger partial charge on any atom is -0.365 e. The van der Waals surface area contributed by atoms with E-state index >= 15 is 0 Å². The average molecular weight is 260 g/mol. The van der Waals surface area contributed by atoms with Crippen LogP contribution in [0.3, 0.4) is 0 Å². The summed E-state index contributed by atoms with van der Waals surface area (Å²) in [4.78, 5) is 0. The largest absolute Gasteiger partial charge is 0.365 e. The van der Waals surface area contributed by atoms with E-state index in [4.69, 9.17) is 0 Å². The van der Waals surface area contributed by atoms with Crippen molar-refractivity contribution in [1.29, 1.82) is 5.26 Å². The first-order chi connectivity index (χ1) is 8.95. The average Bonchev–Trinajstić information content (AvgIpc) is 2.34. The molecule has 0 aliphatic rings. The van der Waals surface area contributed by atoms with Gasteiger partial charge in [-0.25, -0.2) is 0 Å². The van der Waals surface area contributed by atoms with Crippen molar-refractivity contribution in [2.45, 2.75) is 59.9 Å². The third kappa shape index (κ3) is 4.51. The highest BCUT2D eigenvalue weighted by molar-refractivity contribution is 5.56. The summed E-state index contributed by atoms with van der Waals surface area (Å²) in [5, 5.41) is 20.7. The van der Waals surface area contributed by atoms with Crippen LogP contribution in [-0.4, -0.2) is 16.2 Å². The second-order valence-corrected chi connectivity index (χ2v) is 5.62. The Balaban J connectivity index is 2.67. The number of aryl methyl sites for hydroxylation is 1. The smallest absolute Gasteiger partial charge is 0.167 e. The van der Waals surface area contributed by atoms with Crippen LogP contribution < -0.4 is 5.32 Å². The number of nitrogens with zero attached hydrogens (tertiary/aromatic N) is 3. The Morgan fingerprint density at radius 2 is 1.84 bits per heavy atom. The molecule has 1 aromatic rings. The zero-order chi connectivity index (χ0) is 14.4. The van der Waals surface area contributed by atoms with Crippen molar-refractivity contribution in [2.75, 3.05) is 5.32 Å². The van der Waals surface area contributed by atoms with Crippen LogP contribution in [0.1, 0.15) is 56.9 Å². The second-order valence-electron chi connectivity index (χ2n) is 5.62. The molecule has 1 heterocycles. The van der Waals surface area contributed by atoms with E-state index in [1.54, 1.807) is 0 Å². The van der Waals surface area contributed by atoms with Crippen molar-refractivity contribution in [2.24, 2.45) is 5.92 Å². The lowest BCUT2D eigenvalue weighted by Crippen LogP contribution is -2.18. The molecule has 1 aromatic heterocycles. The number of hydrogen-bond donors (Lipinski definition) is 1. The van der Waals surface area contributed by atoms with Crippen LogP contribution in [0.4, 0.5) is 5.82 Å². The molecule has 104 valence electrons. The quantitative estimate of drug-likeness (QED) is 0.849. The van der Waals surface area contributed by atoms with Gasteiger partial charge in [0.15, 0.2) is 5.82 Å². The van der Waals surface area contributed by atoms with E-state index in [0.29, 0.717) is 17.4 Å². The van der Waals surface area contributed by atoms with E-state index < -0.39 is 0 Å². The van der Waals surface area contributed by atoms with Gasteiger partial charge in [-0.2, -0.15) is 10.4 Å². The molecule has 0 fully saturated rings. The highest BCUT2D eigenvalue weighted by Gasteiger charge is 2.12. The third-order valence-corrected chi connectivity index (χ3v) is 3.37. The first-order valence-corrected chi connectivity index (χ1v) is 6.96. The second kappa shape index (κ2) is 7.08. The number of aromatic nitrogens is 2. The Morgan fingerprint density at radius 1 is 1.16 bits per heavy atom. The lowest BCUT2D eigenvalue weighted by Gasteiger charge is -2.16. The molecule has 1 atom stereocenters. The molecule has 1 unspecified atom stereocenters. The van der Waals surface area contributed by atoms with Gasteiger partial charge in [0.1, 0.15) is 11.6 Å². The van der Waals surface area contributed by atoms with Gasteiger partial charge in [0, 0.05) is 6.04 Å². The van der Waals surface area contributed by atoms with E-state index in [0.717, 1.165) is 23.6 Å². The van der Waals surface area contributed by atoms with Crippen LogP contribution in [0.15, 0.2) is 0 Å². The van der Waals surface area contributed by atoms with Crippen LogP contribution in [0.2, 0.25) is 0 Å². The van der Waals surface area contributed by atoms with Crippen LogP contribution in [-0.2, 0) is 0 Å². The Hall–Kier alpha value is -1.63. The molecular weight excluding hydrogens is 236 g/mol. The molecule has 0 radical (unpaired) electrons. The fraction of sp³-hybridized carbons (Fsp3) is 0.667. The van der Waals surface area contributed by atoms with Crippen molar-refractivity contribution < 1.29 is 0 Å². The molecule has 0 aliphatic carbocycles. The first-order valence-electron chi connectivity index (χ1n) is 6.96. The fourth-order valence-electron chi connectivity index (χ4n) is 1.98. The predicted octanol–water partition coefficient (Wildman–Crippen LogP) is 3.59. The SMILES string of the molecule is Cc1nnc(NC(C)CCCC(C)C)c(C#N)c1C. The Labute approximate surface area is 116 Å². The van der Waals surface area contributed by atoms with E-state index in [2.05, 4.69) is 42.4 Å². The van der Waals surface area contributed by atoms with Gasteiger partial charge in [0.2, 0.25) is 0 Å². The van der Waals surface area contributed by atoms with E-state index in [9.17, 15) is 5.26 Å². The number of nitrogens with one attached hydrogen (secondary N) is 1. The molecule has 0 saturated carbocycles. The Kier molecular flexibility index (Phi) is 5.75. The zero-order valence-electron chi connectivity index (χ0n) is 12.6. The van der Waals surface area contributed by atoms with Gasteiger partial charge in [0.05, 0.1) is 5.69 Å². The van der Waals surface area contributed by atoms with E-state index in [1.807, 2.05) is 13.8 Å². The molecule has 0 spiro atoms. The van der Waals surface area contributed by atoms with Crippen LogP contribution >= 0.6 is 0 Å². The standard InChI is InChI=1S/C15H24N4/c1-10(2)7-6-8-11(3)17-15-14(9-16)12(4)13(5)18-19-15/h10-11H,6-8H2,1-5H3,(H,17,19). The molecular formula is C15H24N4. The molecule has 1 N–H and O–H groups in total. The Bertz CT molecular complexity index is 460. The zero-order valence-corrected chi connectivity index (χ0v) is 12.6. The summed E-state index contributed by atoms with van der Waals surface area (Å²) < 4.78 is 0. The molecule has 4 nitrogen and oxygen atoms in total. The first kappa shape index (κ1) is 15.4. The molecule has 0 bridgehead atoms. The van der Waals surface area contributed by atoms with Gasteiger partial charge in [-0.05, 0) is 38.7 Å². The van der Waals surface area contributed by atoms with Crippen molar-refractivity contribution in [3.8, 4) is 6.07 Å². The number of nitriles is 1. The highest BCUT2D eigenvalue weighted by Crippen LogP contribution is 2.19. The molecule has 1 rings (SSSR count). The number of hydrogen-bond acceptors (Lipinski definition) is 4. The summed E-state index contributed by atoms with van der Waals surface area (Å²) in [6.07, 6.45) is 3.50. The van der Waals surface area contributed by atoms with Crippen molar-refractivity contribution >= 4 is 5.82 Å². The summed E-state index contributed by atoms with van der Waals surface area (Å²) >= 11 is 0. The molecule has 0 amide bonds. The van der Waals surface area contributed by atoms with Crippen molar-refractivity contribution in [3.63, 3.8) is 0 Å². The Morgan fingerprint density at radius 3 is 2.42 bits per heavy atom. The van der Waals surface area contributed by atoms with Gasteiger partial charge in [-0.15, -0.1) is 5.10 Å². The maximum Gasteiger partial charge on any atom is 0.167 e. The van der Waals surface area contributed by atoms with Gasteiger partial charge >= 0.3 is 0 Å². The van der Waals surface area contributed by atoms with E-state index in [1.165, 1.54) is 12.8 Å². The summed E-state index contributed by atoms with van der Waals surface area (Å²) in [5.74, 6) is 1.35. The van der Waals surface area contributed by atoms with Crippen LogP contribution in [0.5, 0.6) is 0 Å². The lowest BCUT2D eigenvalue weighted by molar-refractivity contribution is 0.519. The molecule has 4 heteroatoms. The number of rotatable bonds is 6. The van der Waals surface area contributed by atoms with E-state index in [-0.39, 0.29) is 0 Å². The lowest BCUT2D eigenvalue weighted by atomic mass is 10.0. The summed E-state index contributed by atoms with van der Waals surface area (Å²) in [6.45, 7) is 10.4. The van der Waals surface area contributed by atoms with Gasteiger partial charge < -0.3 is 5.32 Å². The molecule has 0 aliphatic heterocycles. The summed E-state index contributed by atoms with van der Waals surface area (Å²) in [6, 6.07) is 2.53. The molecule has 19 heavy (non-hydrogen) atoms. The van der Waals surface area contributed by atoms with Gasteiger partial charge in [-0.1, -0.05) is 26.7 Å². The summed E-state index contributed by atoms with van der Waals surface area (Å²) in [7, 11) is 0. The molecule has 0 aromatic carbocycles. The summed E-state index contributed by atoms with van der Waals surface area (Å²) in [5.41, 5.74) is 2.34. The van der Waals surface area contributed by atoms with Crippen molar-refractivity contribution in [1.82, 2.24) is 10.2 Å². The number of anilines is 1. The fourth-order valence-corrected chi connectivity index (χ4v) is 1.98. The van der Waals surface area contributed by atoms with Crippen LogP contribution in [0.25, 0.3) is 0 Å². The normalized spacial score (nSPS) is 12.3. The van der Waals surface area contributed by atoms with Crippen LogP contribution in [0, 0.1) is 31.1 Å². The van der Waals surface area contributed by atoms with Gasteiger partial charge in [-0.3, -0.25) is 0 Å². The highest BCUT2D eigenvalue weighted by atomic mass is 15.2. The monoisotopic (exact) mass is 260 g/mol. The predicted molar refractivity (Wildman–Crippen MR) is 78.0 cm³/mol. The topological polar surface area (TPSA) is 61.6 Å². The third-order valence-electron chi connectivity index (χ3n) is 3.37. The minimum absolute atomic E-state index is 0.308. The maximum absolute atomic E-state index is 9.23.